The van der Waals surface area contributed by atoms with Gasteiger partial charge >= 0.3 is 0 Å². The zero-order valence-corrected chi connectivity index (χ0v) is 8.22. The van der Waals surface area contributed by atoms with Crippen LogP contribution in [0.4, 0.5) is 0 Å². The summed E-state index contributed by atoms with van der Waals surface area (Å²) in [6.45, 7) is 0.557. The predicted molar refractivity (Wildman–Crippen MR) is 54.9 cm³/mol. The first kappa shape index (κ1) is 10.0. The minimum Gasteiger partial charge on any atom is -0.385 e. The van der Waals surface area contributed by atoms with Crippen LogP contribution in [0.2, 0.25) is 0 Å². The van der Waals surface area contributed by atoms with Gasteiger partial charge in [-0.3, -0.25) is 0 Å². The van der Waals surface area contributed by atoms with Gasteiger partial charge in [-0.2, -0.15) is 0 Å². The number of fused-ring (bicyclic) bond motifs is 1. The van der Waals surface area contributed by atoms with Gasteiger partial charge < -0.3 is 15.8 Å². The third-order valence-corrected chi connectivity index (χ3v) is 2.17. The first-order chi connectivity index (χ1) is 7.31. The molecule has 2 rings (SSSR count). The number of aromatic nitrogens is 4. The van der Waals surface area contributed by atoms with Gasteiger partial charge in [0.05, 0.1) is 12.5 Å². The maximum atomic E-state index is 9.73. The van der Waals surface area contributed by atoms with E-state index in [0.717, 1.165) is 11.9 Å². The van der Waals surface area contributed by atoms with Crippen LogP contribution >= 0.6 is 0 Å². The summed E-state index contributed by atoms with van der Waals surface area (Å²) in [5.74, 6) is 0.406. The number of nitrogens with zero attached hydrogens (tertiary/aromatic N) is 3. The Bertz CT molecular complexity index is 441. The van der Waals surface area contributed by atoms with Gasteiger partial charge in [0.1, 0.15) is 11.6 Å². The smallest absolute Gasteiger partial charge is 0.180 e. The number of hydrogen-bond donors (Lipinski definition) is 3. The van der Waals surface area contributed by atoms with Crippen LogP contribution in [0.15, 0.2) is 12.5 Å². The molecule has 0 spiro atoms. The molecule has 2 aromatic rings. The van der Waals surface area contributed by atoms with Crippen LogP contribution in [0, 0.1) is 0 Å². The number of nitrogens with two attached hydrogens (primary N) is 1. The Labute approximate surface area is 86.6 Å². The van der Waals surface area contributed by atoms with E-state index in [1.54, 1.807) is 12.5 Å². The molecule has 6 heteroatoms. The van der Waals surface area contributed by atoms with Crippen LogP contribution in [-0.2, 0) is 0 Å². The van der Waals surface area contributed by atoms with E-state index in [0.29, 0.717) is 24.4 Å². The zero-order valence-electron chi connectivity index (χ0n) is 8.22. The molecule has 0 saturated heterocycles. The molecule has 0 radical (unpaired) electrons. The lowest BCUT2D eigenvalue weighted by Crippen LogP contribution is -2.07. The second-order valence-electron chi connectivity index (χ2n) is 3.31. The van der Waals surface area contributed by atoms with Crippen molar-refractivity contribution < 1.29 is 5.11 Å². The summed E-state index contributed by atoms with van der Waals surface area (Å²) in [6.07, 6.45) is 3.84. The Kier molecular flexibility index (Phi) is 2.89. The Hall–Kier alpha value is -1.53. The van der Waals surface area contributed by atoms with Crippen LogP contribution < -0.4 is 5.73 Å². The van der Waals surface area contributed by atoms with Crippen molar-refractivity contribution >= 4 is 11.2 Å². The molecule has 0 aliphatic heterocycles. The molecule has 2 heterocycles. The van der Waals surface area contributed by atoms with Crippen molar-refractivity contribution in [2.75, 3.05) is 6.54 Å². The number of rotatable bonds is 4. The molecule has 0 aromatic carbocycles. The minimum atomic E-state index is -0.658. The monoisotopic (exact) mass is 207 g/mol. The third kappa shape index (κ3) is 2.11. The predicted octanol–water partition coefficient (Wildman–Crippen LogP) is 0.125. The maximum Gasteiger partial charge on any atom is 0.180 e. The second-order valence-corrected chi connectivity index (χ2v) is 3.31. The number of H-pyrrole nitrogens is 1. The fourth-order valence-corrected chi connectivity index (χ4v) is 1.35. The van der Waals surface area contributed by atoms with E-state index in [-0.39, 0.29) is 0 Å². The lowest BCUT2D eigenvalue weighted by molar-refractivity contribution is 0.156. The molecule has 0 fully saturated rings. The molecule has 6 nitrogen and oxygen atoms in total. The first-order valence-corrected chi connectivity index (χ1v) is 4.85. The van der Waals surface area contributed by atoms with Gasteiger partial charge in [-0.05, 0) is 19.4 Å². The van der Waals surface area contributed by atoms with Gasteiger partial charge in [0.2, 0.25) is 0 Å². The van der Waals surface area contributed by atoms with Crippen molar-refractivity contribution in [3.63, 3.8) is 0 Å². The molecule has 1 unspecified atom stereocenters. The summed E-state index contributed by atoms with van der Waals surface area (Å²) >= 11 is 0. The van der Waals surface area contributed by atoms with E-state index in [4.69, 9.17) is 5.73 Å². The molecule has 80 valence electrons. The molecular weight excluding hydrogens is 194 g/mol. The summed E-state index contributed by atoms with van der Waals surface area (Å²) in [7, 11) is 0. The largest absolute Gasteiger partial charge is 0.385 e. The molecule has 0 amide bonds. The summed E-state index contributed by atoms with van der Waals surface area (Å²) in [5.41, 5.74) is 6.70. The summed E-state index contributed by atoms with van der Waals surface area (Å²) in [5, 5.41) is 9.73. The van der Waals surface area contributed by atoms with Crippen molar-refractivity contribution in [3.05, 3.63) is 18.3 Å². The van der Waals surface area contributed by atoms with Crippen molar-refractivity contribution in [2.45, 2.75) is 18.9 Å². The van der Waals surface area contributed by atoms with Gasteiger partial charge in [0, 0.05) is 0 Å². The van der Waals surface area contributed by atoms with Crippen molar-refractivity contribution in [1.29, 1.82) is 0 Å². The standard InChI is InChI=1S/C9H13N5O/c10-3-1-2-7(15)9-11-4-6-8(14-9)13-5-12-6/h4-5,7,15H,1-3,10H2,(H,11,12,13,14). The topological polar surface area (TPSA) is 101 Å². The number of hydrogen-bond acceptors (Lipinski definition) is 5. The lowest BCUT2D eigenvalue weighted by atomic mass is 10.2. The van der Waals surface area contributed by atoms with E-state index in [1.165, 1.54) is 0 Å². The summed E-state index contributed by atoms with van der Waals surface area (Å²) in [4.78, 5) is 15.1. The molecule has 15 heavy (non-hydrogen) atoms. The normalized spacial score (nSPS) is 13.2. The van der Waals surface area contributed by atoms with E-state index in [2.05, 4.69) is 19.9 Å². The third-order valence-electron chi connectivity index (χ3n) is 2.17. The average molecular weight is 207 g/mol. The van der Waals surface area contributed by atoms with Crippen molar-refractivity contribution in [1.82, 2.24) is 19.9 Å². The Balaban J connectivity index is 2.19. The molecule has 1 atom stereocenters. The molecule has 2 aromatic heterocycles. The molecular formula is C9H13N5O. The number of imidazole rings is 1. The van der Waals surface area contributed by atoms with E-state index in [9.17, 15) is 5.11 Å². The van der Waals surface area contributed by atoms with Crippen LogP contribution in [0.3, 0.4) is 0 Å². The lowest BCUT2D eigenvalue weighted by Gasteiger charge is -2.07. The number of nitrogens with one attached hydrogen (secondary N) is 1. The van der Waals surface area contributed by atoms with Crippen LogP contribution in [0.5, 0.6) is 0 Å². The second kappa shape index (κ2) is 4.33. The van der Waals surface area contributed by atoms with E-state index >= 15 is 0 Å². The summed E-state index contributed by atoms with van der Waals surface area (Å²) < 4.78 is 0. The highest BCUT2D eigenvalue weighted by molar-refractivity contribution is 5.68. The quantitative estimate of drug-likeness (QED) is 0.661. The van der Waals surface area contributed by atoms with Gasteiger partial charge in [-0.15, -0.1) is 0 Å². The number of aliphatic hydroxyl groups is 1. The van der Waals surface area contributed by atoms with Crippen LogP contribution in [0.1, 0.15) is 24.8 Å². The fraction of sp³-hybridized carbons (Fsp3) is 0.444. The molecule has 0 saturated carbocycles. The van der Waals surface area contributed by atoms with Crippen molar-refractivity contribution in [3.8, 4) is 0 Å². The van der Waals surface area contributed by atoms with Gasteiger partial charge in [0.25, 0.3) is 0 Å². The average Bonchev–Trinajstić information content (AvgIpc) is 2.72. The van der Waals surface area contributed by atoms with E-state index in [1.807, 2.05) is 0 Å². The molecule has 4 N–H and O–H groups in total. The highest BCUT2D eigenvalue weighted by Crippen LogP contribution is 2.15. The minimum absolute atomic E-state index is 0.406. The SMILES string of the molecule is NCCCC(O)c1ncc2[nH]cnc2n1. The van der Waals surface area contributed by atoms with Gasteiger partial charge in [-0.25, -0.2) is 15.0 Å². The molecule has 0 aliphatic carbocycles. The Morgan fingerprint density at radius 1 is 1.47 bits per heavy atom. The van der Waals surface area contributed by atoms with Crippen LogP contribution in [0.25, 0.3) is 11.2 Å². The Morgan fingerprint density at radius 3 is 3.13 bits per heavy atom. The fourth-order valence-electron chi connectivity index (χ4n) is 1.35. The van der Waals surface area contributed by atoms with Gasteiger partial charge in [-0.1, -0.05) is 0 Å². The highest BCUT2D eigenvalue weighted by Gasteiger charge is 2.11. The number of aromatic amines is 1. The van der Waals surface area contributed by atoms with Gasteiger partial charge in [0.15, 0.2) is 11.5 Å². The summed E-state index contributed by atoms with van der Waals surface area (Å²) in [6, 6.07) is 0. The van der Waals surface area contributed by atoms with Crippen LogP contribution in [-0.4, -0.2) is 31.6 Å². The Morgan fingerprint density at radius 2 is 2.33 bits per heavy atom. The zero-order chi connectivity index (χ0) is 10.7. The molecule has 0 bridgehead atoms. The maximum absolute atomic E-state index is 9.73. The first-order valence-electron chi connectivity index (χ1n) is 4.85. The highest BCUT2D eigenvalue weighted by atomic mass is 16.3. The van der Waals surface area contributed by atoms with E-state index < -0.39 is 6.10 Å². The molecule has 0 aliphatic rings. The van der Waals surface area contributed by atoms with Crippen molar-refractivity contribution in [2.24, 2.45) is 5.73 Å². The number of aliphatic hydroxyl groups excluding tert-OH is 1.